The molecule has 0 radical (unpaired) electrons. The molecule has 0 saturated heterocycles. The van der Waals surface area contributed by atoms with Gasteiger partial charge < -0.3 is 37.6 Å². The Kier molecular flexibility index (Phi) is 26.8. The van der Waals surface area contributed by atoms with E-state index in [1.54, 1.807) is 24.5 Å². The van der Waals surface area contributed by atoms with Crippen LogP contribution in [-0.2, 0) is 0 Å². The maximum absolute atomic E-state index is 13.1. The van der Waals surface area contributed by atoms with Crippen molar-refractivity contribution >= 4 is 216 Å². The Morgan fingerprint density at radius 1 is 0.256 bits per heavy atom. The molecule has 0 aliphatic rings. The maximum atomic E-state index is 13.1. The number of nitrogens with two attached hydrogens (primary N) is 1. The smallest absolute Gasteiger partial charge is 0.123 e. The summed E-state index contributed by atoms with van der Waals surface area (Å²) in [5.41, 5.74) is 27.7. The first-order chi connectivity index (χ1) is 63.4. The topological polar surface area (TPSA) is 176 Å². The summed E-state index contributed by atoms with van der Waals surface area (Å²) < 4.78 is 13.1. The van der Waals surface area contributed by atoms with Gasteiger partial charge in [0.1, 0.15) is 5.82 Å². The van der Waals surface area contributed by atoms with Crippen molar-refractivity contribution in [2.75, 3.05) is 50.7 Å². The number of fused-ring (bicyclic) bond motifs is 12. The number of nitrogens with one attached hydrogen (secondary N) is 6. The zero-order valence-electron chi connectivity index (χ0n) is 71.1. The third kappa shape index (κ3) is 20.3. The van der Waals surface area contributed by atoms with E-state index in [9.17, 15) is 4.39 Å². The highest BCUT2D eigenvalue weighted by atomic mass is 35.5. The maximum Gasteiger partial charge on any atom is 0.123 e. The number of aromatic nitrogens is 6. The predicted octanol–water partition coefficient (Wildman–Crippen LogP) is 31.2. The Labute approximate surface area is 757 Å². The molecule has 16 heteroatoms. The fourth-order valence-corrected chi connectivity index (χ4v) is 16.0. The first-order valence-corrected chi connectivity index (χ1v) is 43.5. The summed E-state index contributed by atoms with van der Waals surface area (Å²) in [4.78, 5) is 27.1. The lowest BCUT2D eigenvalue weighted by Crippen LogP contribution is -1.97. The molecule has 0 saturated carbocycles. The molecule has 0 aliphatic carbocycles. The first-order valence-electron chi connectivity index (χ1n) is 42.8. The van der Waals surface area contributed by atoms with Crippen molar-refractivity contribution < 1.29 is 4.39 Å². The van der Waals surface area contributed by atoms with E-state index in [1.165, 1.54) is 44.6 Å². The van der Waals surface area contributed by atoms with E-state index in [1.807, 2.05) is 206 Å². The van der Waals surface area contributed by atoms with Crippen molar-refractivity contribution in [1.82, 2.24) is 29.9 Å². The lowest BCUT2D eigenvalue weighted by atomic mass is 10.0. The van der Waals surface area contributed by atoms with E-state index in [0.717, 1.165) is 184 Å². The summed E-state index contributed by atoms with van der Waals surface area (Å²) >= 11 is 11.9. The van der Waals surface area contributed by atoms with Crippen LogP contribution >= 0.6 is 23.2 Å². The van der Waals surface area contributed by atoms with Gasteiger partial charge in [-0.15, -0.1) is 0 Å². The fourth-order valence-electron chi connectivity index (χ4n) is 15.7. The summed E-state index contributed by atoms with van der Waals surface area (Å²) in [5.74, 6) is -0.241. The summed E-state index contributed by atoms with van der Waals surface area (Å²) in [6, 6.07) is 133. The lowest BCUT2D eigenvalue weighted by molar-refractivity contribution is 0.628. The highest BCUT2D eigenvalue weighted by molar-refractivity contribution is 6.32. The second kappa shape index (κ2) is 40.7. The van der Waals surface area contributed by atoms with Crippen molar-refractivity contribution in [2.24, 2.45) is 0 Å². The number of aryl methyl sites for hydroxylation is 1. The predicted molar refractivity (Wildman–Crippen MR) is 548 cm³/mol. The Hall–Kier alpha value is -16.1. The molecule has 8 N–H and O–H groups in total. The number of para-hydroxylation sites is 8. The lowest BCUT2D eigenvalue weighted by Gasteiger charge is -2.15. The van der Waals surface area contributed by atoms with Crippen molar-refractivity contribution in [3.05, 3.63) is 440 Å². The number of hydrogen-bond donors (Lipinski definition) is 7. The third-order valence-corrected chi connectivity index (χ3v) is 22.4. The molecule has 628 valence electrons. The number of benzene rings is 17. The molecule has 0 amide bonds. The van der Waals surface area contributed by atoms with E-state index in [4.69, 9.17) is 43.9 Å². The molecule has 0 atom stereocenters. The minimum Gasteiger partial charge on any atom is -0.398 e. The van der Waals surface area contributed by atoms with Gasteiger partial charge in [0.15, 0.2) is 0 Å². The van der Waals surface area contributed by atoms with E-state index in [-0.39, 0.29) is 5.82 Å². The van der Waals surface area contributed by atoms with Gasteiger partial charge in [-0.3, -0.25) is 15.0 Å². The number of nitrogen functional groups attached to an aromatic ring is 1. The van der Waals surface area contributed by atoms with Crippen LogP contribution in [0.15, 0.2) is 419 Å². The van der Waals surface area contributed by atoms with Crippen molar-refractivity contribution in [2.45, 2.75) is 20.8 Å². The molecule has 129 heavy (non-hydrogen) atoms. The van der Waals surface area contributed by atoms with Crippen molar-refractivity contribution in [1.29, 1.82) is 0 Å². The normalized spacial score (nSPS) is 10.8. The molecule has 0 fully saturated rings. The van der Waals surface area contributed by atoms with Crippen LogP contribution in [0, 0.1) is 12.7 Å². The van der Waals surface area contributed by atoms with Crippen LogP contribution in [0.25, 0.3) is 130 Å². The van der Waals surface area contributed by atoms with Gasteiger partial charge in [0.2, 0.25) is 0 Å². The largest absolute Gasteiger partial charge is 0.398 e. The molecule has 6 heterocycles. The van der Waals surface area contributed by atoms with E-state index >= 15 is 0 Å². The number of rotatable bonds is 12. The Morgan fingerprint density at radius 3 is 1.02 bits per heavy atom. The van der Waals surface area contributed by atoms with Crippen LogP contribution in [0.4, 0.5) is 67.0 Å². The van der Waals surface area contributed by atoms with Gasteiger partial charge in [-0.05, 0) is 195 Å². The average Bonchev–Trinajstić information content (AvgIpc) is 0.776. The van der Waals surface area contributed by atoms with Gasteiger partial charge >= 0.3 is 0 Å². The molecule has 0 bridgehead atoms. The zero-order chi connectivity index (χ0) is 88.2. The van der Waals surface area contributed by atoms with Crippen LogP contribution in [0.5, 0.6) is 0 Å². The summed E-state index contributed by atoms with van der Waals surface area (Å²) in [7, 11) is 0. The zero-order valence-corrected chi connectivity index (χ0v) is 72.7. The second-order valence-electron chi connectivity index (χ2n) is 30.5. The molecule has 0 spiro atoms. The van der Waals surface area contributed by atoms with Gasteiger partial charge in [-0.25, -0.2) is 19.3 Å². The Morgan fingerprint density at radius 2 is 0.574 bits per heavy atom. The molecule has 17 aromatic carbocycles. The number of halogens is 3. The van der Waals surface area contributed by atoms with Crippen LogP contribution < -0.4 is 37.6 Å². The van der Waals surface area contributed by atoms with Gasteiger partial charge in [0, 0.05) is 152 Å². The molecule has 23 aromatic rings. The molecule has 0 unspecified atom stereocenters. The van der Waals surface area contributed by atoms with E-state index in [0.29, 0.717) is 5.02 Å². The van der Waals surface area contributed by atoms with Crippen LogP contribution in [-0.4, -0.2) is 43.0 Å². The molecule has 23 rings (SSSR count). The number of anilines is 11. The molecular weight excluding hydrogens is 1630 g/mol. The van der Waals surface area contributed by atoms with Gasteiger partial charge in [-0.1, -0.05) is 271 Å². The van der Waals surface area contributed by atoms with Gasteiger partial charge in [0.25, 0.3) is 0 Å². The number of hydrogen-bond acceptors (Lipinski definition) is 13. The Bertz CT molecular complexity index is 7500. The van der Waals surface area contributed by atoms with Gasteiger partial charge in [-0.2, -0.15) is 0 Å². The highest BCUT2D eigenvalue weighted by Gasteiger charge is 2.15. The standard InChI is InChI=1S/C23H16N2.C20H16N2.C19H13FN2.C15H11ClN2.C14H11N.C11H11ClN2.C11H12N2/c1-2-10-17-16(8-1)9-7-15-20(17)25-23-18-11-3-5-13-21(18)24-22-14-6-4-12-19(22)23;1-14-10-12-15(13-11-14)21-20-16-6-2-4-8-18(16)22-19-9-5-3-7-17(19)20;20-13-9-11-14(12-10-13)21-19-15-5-1-3-7-17(15)22-18-8-4-2-6-16(18)19;16-11-6-7-13-14(8-9-17-15(13)10-11)18-12-4-2-1-3-5-12;15-14-12-7-3-1-5-10(12)9-11-6-2-4-8-13(11)14;1-2-13-10-5-6-14-11-7-8(12)3-4-9(10)11;1-2-12-11-7-8-13-10-6-4-3-5-9(10)11/h1-15H,(H,24,25);2-13H,1H3,(H,21,22);1-12H,(H,21,22);1-10H,(H,17,18);1-9H,15H2;3-7H,2H2,1H3,(H,13,14);3-8H,2H2,1H3,(H,12,13). The van der Waals surface area contributed by atoms with E-state index in [2.05, 4.69) is 244 Å². The SMILES string of the molecule is CCNc1ccnc2cc(Cl)ccc12.CCNc1ccnc2ccccc12.Cc1ccc(Nc2c3ccccc3nc3ccccc23)cc1.Clc1ccc2c(Nc3ccccc3)ccnc2c1.Fc1ccc(Nc2c3ccccc3nc3ccccc23)cc1.Nc1c2ccccc2cc2ccccc12.c1ccc2c(Nc3c4ccccc4nc4ccccc34)cccc2c1. The minimum atomic E-state index is -0.241. The number of nitrogens with zero attached hydrogens (tertiary/aromatic N) is 6. The second-order valence-corrected chi connectivity index (χ2v) is 31.4. The summed E-state index contributed by atoms with van der Waals surface area (Å²) in [6.07, 6.45) is 5.40. The highest BCUT2D eigenvalue weighted by Crippen LogP contribution is 2.39. The van der Waals surface area contributed by atoms with Gasteiger partial charge in [0.05, 0.1) is 66.7 Å². The quantitative estimate of drug-likeness (QED) is 0.0455. The fraction of sp³-hybridized carbons (Fsp3) is 0.0442. The van der Waals surface area contributed by atoms with Crippen molar-refractivity contribution in [3.8, 4) is 0 Å². The molecule has 0 aliphatic heterocycles. The average molecular weight is 1720 g/mol. The van der Waals surface area contributed by atoms with E-state index < -0.39 is 0 Å². The first kappa shape index (κ1) is 85.1. The molecule has 6 aromatic heterocycles. The Balaban J connectivity index is 0.000000107. The molecule has 13 nitrogen and oxygen atoms in total. The van der Waals surface area contributed by atoms with Crippen LogP contribution in [0.2, 0.25) is 10.0 Å². The number of pyridine rings is 6. The summed E-state index contributed by atoms with van der Waals surface area (Å²) in [6.45, 7) is 8.11. The monoisotopic (exact) mass is 1720 g/mol. The third-order valence-electron chi connectivity index (χ3n) is 21.9. The van der Waals surface area contributed by atoms with Crippen molar-refractivity contribution in [3.63, 3.8) is 0 Å². The molecular formula is C113H90Cl2FN13. The summed E-state index contributed by atoms with van der Waals surface area (Å²) in [5, 5.41) is 39.2. The minimum absolute atomic E-state index is 0.241. The van der Waals surface area contributed by atoms with Crippen LogP contribution in [0.1, 0.15) is 19.4 Å². The van der Waals surface area contributed by atoms with Crippen LogP contribution in [0.3, 0.4) is 0 Å².